The molecule has 0 atom stereocenters. The van der Waals surface area contributed by atoms with E-state index in [1.54, 1.807) is 0 Å². The smallest absolute Gasteiger partial charge is 0.231 e. The Morgan fingerprint density at radius 1 is 0.720 bits per heavy atom. The molecule has 25 heavy (non-hydrogen) atoms. The number of aromatic nitrogens is 1. The van der Waals surface area contributed by atoms with E-state index in [2.05, 4.69) is 41.1 Å². The molecule has 0 aliphatic carbocycles. The van der Waals surface area contributed by atoms with Gasteiger partial charge in [-0.25, -0.2) is 0 Å². The highest BCUT2D eigenvalue weighted by atomic mass is 16.7. The molecule has 0 saturated heterocycles. The minimum Gasteiger partial charge on any atom is -0.486 e. The Labute approximate surface area is 144 Å². The summed E-state index contributed by atoms with van der Waals surface area (Å²) < 4.78 is 24.9. The van der Waals surface area contributed by atoms with Crippen molar-refractivity contribution in [1.82, 2.24) is 0 Å². The summed E-state index contributed by atoms with van der Waals surface area (Å²) in [4.78, 5) is 0. The molecule has 0 amide bonds. The van der Waals surface area contributed by atoms with Gasteiger partial charge in [0.05, 0.1) is 5.56 Å². The molecule has 5 heteroatoms. The van der Waals surface area contributed by atoms with Gasteiger partial charge in [0.25, 0.3) is 0 Å². The van der Waals surface area contributed by atoms with Crippen LogP contribution < -0.4 is 23.5 Å². The lowest BCUT2D eigenvalue weighted by Crippen LogP contribution is -2.40. The monoisotopic (exact) mass is 334 g/mol. The Morgan fingerprint density at radius 3 is 2.28 bits per heavy atom. The lowest BCUT2D eigenvalue weighted by atomic mass is 9.95. The number of hydrogen-bond donors (Lipinski definition) is 0. The first-order chi connectivity index (χ1) is 12.3. The molecule has 0 unspecified atom stereocenters. The van der Waals surface area contributed by atoms with Crippen molar-refractivity contribution in [3.8, 4) is 34.3 Å². The summed E-state index contributed by atoms with van der Waals surface area (Å²) in [5, 5.41) is 2.31. The van der Waals surface area contributed by atoms with Gasteiger partial charge in [0.1, 0.15) is 13.2 Å². The van der Waals surface area contributed by atoms with Gasteiger partial charge in [-0.1, -0.05) is 0 Å². The molecule has 4 heterocycles. The predicted octanol–water partition coefficient (Wildman–Crippen LogP) is 2.85. The zero-order valence-electron chi connectivity index (χ0n) is 13.6. The van der Waals surface area contributed by atoms with Crippen molar-refractivity contribution in [2.75, 3.05) is 20.0 Å². The molecule has 0 N–H and O–H groups in total. The minimum atomic E-state index is 0.296. The number of rotatable bonds is 0. The van der Waals surface area contributed by atoms with Crippen molar-refractivity contribution in [2.24, 2.45) is 0 Å². The zero-order chi connectivity index (χ0) is 16.4. The van der Waals surface area contributed by atoms with Gasteiger partial charge >= 0.3 is 0 Å². The van der Waals surface area contributed by atoms with E-state index in [1.165, 1.54) is 16.8 Å². The number of hydrogen-bond acceptors (Lipinski definition) is 4. The summed E-state index contributed by atoms with van der Waals surface area (Å²) in [7, 11) is 0. The SMILES string of the molecule is c1c2c(cc3c1OCCO3)-c1cc3cc4c(cc3c[n+]1CC2)OCO4. The third-order valence-corrected chi connectivity index (χ3v) is 5.14. The van der Waals surface area contributed by atoms with Crippen LogP contribution in [0.3, 0.4) is 0 Å². The summed E-state index contributed by atoms with van der Waals surface area (Å²) in [6.07, 6.45) is 3.19. The Hall–Kier alpha value is -2.95. The Balaban J connectivity index is 1.57. The summed E-state index contributed by atoms with van der Waals surface area (Å²) >= 11 is 0. The maximum absolute atomic E-state index is 5.78. The first kappa shape index (κ1) is 13.4. The van der Waals surface area contributed by atoms with E-state index in [0.717, 1.165) is 46.7 Å². The number of fused-ring (bicyclic) bond motifs is 6. The van der Waals surface area contributed by atoms with Crippen LogP contribution in [0.2, 0.25) is 0 Å². The maximum Gasteiger partial charge on any atom is 0.231 e. The van der Waals surface area contributed by atoms with Gasteiger partial charge in [0.2, 0.25) is 12.5 Å². The summed E-state index contributed by atoms with van der Waals surface area (Å²) in [5.41, 5.74) is 3.73. The first-order valence-electron chi connectivity index (χ1n) is 8.55. The van der Waals surface area contributed by atoms with E-state index in [0.29, 0.717) is 20.0 Å². The molecule has 3 aliphatic rings. The Kier molecular flexibility index (Phi) is 2.56. The number of benzene rings is 2. The van der Waals surface area contributed by atoms with Crippen LogP contribution in [0.25, 0.3) is 22.0 Å². The first-order valence-corrected chi connectivity index (χ1v) is 8.55. The van der Waals surface area contributed by atoms with Gasteiger partial charge in [-0.15, -0.1) is 0 Å². The average molecular weight is 334 g/mol. The predicted molar refractivity (Wildman–Crippen MR) is 90.4 cm³/mol. The van der Waals surface area contributed by atoms with Crippen LogP contribution in [0.15, 0.2) is 36.5 Å². The van der Waals surface area contributed by atoms with E-state index in [4.69, 9.17) is 18.9 Å². The van der Waals surface area contributed by atoms with E-state index in [-0.39, 0.29) is 0 Å². The molecule has 6 rings (SSSR count). The maximum atomic E-state index is 5.78. The molecule has 0 radical (unpaired) electrons. The van der Waals surface area contributed by atoms with Crippen molar-refractivity contribution in [3.63, 3.8) is 0 Å². The molecule has 0 saturated carbocycles. The van der Waals surface area contributed by atoms with Crippen LogP contribution in [0, 0.1) is 0 Å². The van der Waals surface area contributed by atoms with E-state index in [1.807, 2.05) is 0 Å². The van der Waals surface area contributed by atoms with Crippen LogP contribution in [-0.4, -0.2) is 20.0 Å². The Morgan fingerprint density at radius 2 is 1.44 bits per heavy atom. The molecule has 0 fully saturated rings. The highest BCUT2D eigenvalue weighted by Crippen LogP contribution is 2.40. The standard InChI is InChI=1S/C20H16NO4/c1-2-21-10-14-8-19-18(24-11-25-19)7-13(14)5-16(21)15-9-20-17(6-12(1)15)22-3-4-23-20/h5-10H,1-4,11H2/q+1. The molecular formula is C20H16NO4+. The van der Waals surface area contributed by atoms with Crippen molar-refractivity contribution < 1.29 is 23.5 Å². The zero-order valence-corrected chi connectivity index (χ0v) is 13.6. The quantitative estimate of drug-likeness (QED) is 0.593. The summed E-state index contributed by atoms with van der Waals surface area (Å²) in [6.45, 7) is 2.47. The molecule has 124 valence electrons. The molecule has 2 aromatic carbocycles. The van der Waals surface area contributed by atoms with Crippen molar-refractivity contribution in [2.45, 2.75) is 13.0 Å². The summed E-state index contributed by atoms with van der Waals surface area (Å²) in [6, 6.07) is 10.6. The minimum absolute atomic E-state index is 0.296. The van der Waals surface area contributed by atoms with Gasteiger partial charge in [-0.05, 0) is 35.2 Å². The molecule has 3 aromatic rings. The highest BCUT2D eigenvalue weighted by molar-refractivity contribution is 5.88. The fourth-order valence-corrected chi connectivity index (χ4v) is 3.91. The van der Waals surface area contributed by atoms with E-state index >= 15 is 0 Å². The van der Waals surface area contributed by atoms with E-state index < -0.39 is 0 Å². The van der Waals surface area contributed by atoms with Crippen molar-refractivity contribution >= 4 is 10.8 Å². The molecule has 3 aliphatic heterocycles. The fraction of sp³-hybridized carbons (Fsp3) is 0.250. The highest BCUT2D eigenvalue weighted by Gasteiger charge is 2.27. The third-order valence-electron chi connectivity index (χ3n) is 5.14. The lowest BCUT2D eigenvalue weighted by Gasteiger charge is -2.22. The molecule has 0 spiro atoms. The van der Waals surface area contributed by atoms with Gasteiger partial charge < -0.3 is 18.9 Å². The average Bonchev–Trinajstić information content (AvgIpc) is 3.10. The van der Waals surface area contributed by atoms with Crippen LogP contribution in [0.4, 0.5) is 0 Å². The van der Waals surface area contributed by atoms with Crippen LogP contribution >= 0.6 is 0 Å². The van der Waals surface area contributed by atoms with Crippen LogP contribution in [0.1, 0.15) is 5.56 Å². The lowest BCUT2D eigenvalue weighted by molar-refractivity contribution is -0.686. The largest absolute Gasteiger partial charge is 0.486 e. The molecule has 5 nitrogen and oxygen atoms in total. The number of aryl methyl sites for hydroxylation is 2. The number of nitrogens with zero attached hydrogens (tertiary/aromatic N) is 1. The molecule has 1 aromatic heterocycles. The second kappa shape index (κ2) is 4.79. The molecule has 0 bridgehead atoms. The second-order valence-electron chi connectivity index (χ2n) is 6.59. The van der Waals surface area contributed by atoms with Gasteiger partial charge in [0, 0.05) is 17.9 Å². The van der Waals surface area contributed by atoms with Crippen LogP contribution in [0.5, 0.6) is 23.0 Å². The number of pyridine rings is 1. The van der Waals surface area contributed by atoms with Crippen molar-refractivity contribution in [1.29, 1.82) is 0 Å². The summed E-state index contributed by atoms with van der Waals surface area (Å²) in [5.74, 6) is 3.34. The topological polar surface area (TPSA) is 40.8 Å². The second-order valence-corrected chi connectivity index (χ2v) is 6.59. The number of ether oxygens (including phenoxy) is 4. The van der Waals surface area contributed by atoms with Gasteiger partial charge in [-0.2, -0.15) is 4.57 Å². The van der Waals surface area contributed by atoms with E-state index in [9.17, 15) is 0 Å². The van der Waals surface area contributed by atoms with Gasteiger partial charge in [-0.3, -0.25) is 0 Å². The molecular weight excluding hydrogens is 318 g/mol. The van der Waals surface area contributed by atoms with Gasteiger partial charge in [0.15, 0.2) is 35.7 Å². The normalized spacial score (nSPS) is 16.5. The fourth-order valence-electron chi connectivity index (χ4n) is 3.91. The van der Waals surface area contributed by atoms with Crippen LogP contribution in [-0.2, 0) is 13.0 Å². The van der Waals surface area contributed by atoms with Crippen molar-refractivity contribution in [3.05, 3.63) is 42.1 Å². The Bertz CT molecular complexity index is 1040. The third kappa shape index (κ3) is 1.92.